The average Bonchev–Trinajstić information content (AvgIpc) is 3.06. The zero-order valence-electron chi connectivity index (χ0n) is 10.8. The van der Waals surface area contributed by atoms with E-state index in [0.717, 1.165) is 12.5 Å². The van der Waals surface area contributed by atoms with Crippen LogP contribution < -0.4 is 10.6 Å². The van der Waals surface area contributed by atoms with Gasteiger partial charge < -0.3 is 10.6 Å². The quantitative estimate of drug-likeness (QED) is 0.771. The van der Waals surface area contributed by atoms with Gasteiger partial charge in [0, 0.05) is 6.04 Å². The molecular formula is C14H26N2O. The number of carbonyl (C=O) groups excluding carboxylic acids is 1. The van der Waals surface area contributed by atoms with E-state index in [9.17, 15) is 4.79 Å². The zero-order chi connectivity index (χ0) is 11.9. The molecule has 0 heterocycles. The van der Waals surface area contributed by atoms with Crippen molar-refractivity contribution in [1.82, 2.24) is 10.6 Å². The monoisotopic (exact) mass is 238 g/mol. The van der Waals surface area contributed by atoms with Crippen molar-refractivity contribution >= 4 is 5.91 Å². The molecule has 3 heteroatoms. The summed E-state index contributed by atoms with van der Waals surface area (Å²) in [6.45, 7) is 1.53. The Morgan fingerprint density at radius 3 is 2.24 bits per heavy atom. The molecular weight excluding hydrogens is 212 g/mol. The summed E-state index contributed by atoms with van der Waals surface area (Å²) < 4.78 is 0. The zero-order valence-corrected chi connectivity index (χ0v) is 10.8. The third-order valence-corrected chi connectivity index (χ3v) is 3.89. The van der Waals surface area contributed by atoms with E-state index >= 15 is 0 Å². The van der Waals surface area contributed by atoms with Crippen LogP contribution in [-0.2, 0) is 4.79 Å². The van der Waals surface area contributed by atoms with Crippen molar-refractivity contribution in [2.24, 2.45) is 5.92 Å². The Bertz CT molecular complexity index is 230. The number of rotatable bonds is 5. The van der Waals surface area contributed by atoms with Gasteiger partial charge in [0.05, 0.1) is 6.54 Å². The second-order valence-corrected chi connectivity index (χ2v) is 5.68. The molecule has 2 aliphatic rings. The van der Waals surface area contributed by atoms with Gasteiger partial charge in [-0.3, -0.25) is 4.79 Å². The maximum absolute atomic E-state index is 11.7. The summed E-state index contributed by atoms with van der Waals surface area (Å²) >= 11 is 0. The summed E-state index contributed by atoms with van der Waals surface area (Å²) in [5, 5.41) is 6.43. The summed E-state index contributed by atoms with van der Waals surface area (Å²) in [6, 6.07) is 0.436. The van der Waals surface area contributed by atoms with Crippen molar-refractivity contribution < 1.29 is 4.79 Å². The van der Waals surface area contributed by atoms with Crippen molar-refractivity contribution in [3.63, 3.8) is 0 Å². The lowest BCUT2D eigenvalue weighted by molar-refractivity contribution is -0.121. The standard InChI is InChI=1S/C14H26N2O/c17-14(11-15-10-12-8-9-12)16-13-6-4-2-1-3-5-7-13/h12-13,15H,1-11H2,(H,16,17). The molecule has 0 aliphatic heterocycles. The first-order valence-electron chi connectivity index (χ1n) is 7.34. The maximum Gasteiger partial charge on any atom is 0.234 e. The molecule has 0 unspecified atom stereocenters. The van der Waals surface area contributed by atoms with Crippen molar-refractivity contribution in [3.8, 4) is 0 Å². The van der Waals surface area contributed by atoms with Crippen LogP contribution in [-0.4, -0.2) is 25.0 Å². The van der Waals surface area contributed by atoms with Crippen molar-refractivity contribution in [2.75, 3.05) is 13.1 Å². The maximum atomic E-state index is 11.7. The molecule has 2 saturated carbocycles. The molecule has 2 aliphatic carbocycles. The summed E-state index contributed by atoms with van der Waals surface area (Å²) in [6.07, 6.45) is 11.7. The van der Waals surface area contributed by atoms with Gasteiger partial charge in [-0.2, -0.15) is 0 Å². The molecule has 2 N–H and O–H groups in total. The normalized spacial score (nSPS) is 22.8. The highest BCUT2D eigenvalue weighted by molar-refractivity contribution is 5.78. The lowest BCUT2D eigenvalue weighted by Gasteiger charge is -2.21. The Morgan fingerprint density at radius 1 is 0.941 bits per heavy atom. The number of amides is 1. The van der Waals surface area contributed by atoms with Crippen LogP contribution in [0.15, 0.2) is 0 Å². The first-order valence-corrected chi connectivity index (χ1v) is 7.34. The molecule has 98 valence electrons. The largest absolute Gasteiger partial charge is 0.352 e. The van der Waals surface area contributed by atoms with Gasteiger partial charge >= 0.3 is 0 Å². The van der Waals surface area contributed by atoms with Crippen LogP contribution in [0.1, 0.15) is 57.8 Å². The fourth-order valence-electron chi connectivity index (χ4n) is 2.59. The molecule has 0 saturated heterocycles. The summed E-state index contributed by atoms with van der Waals surface area (Å²) in [4.78, 5) is 11.7. The molecule has 1 amide bonds. The SMILES string of the molecule is O=C(CNCC1CC1)NC1CCCCCCC1. The molecule has 2 rings (SSSR count). The minimum atomic E-state index is 0.191. The van der Waals surface area contributed by atoms with E-state index in [0.29, 0.717) is 12.6 Å². The van der Waals surface area contributed by atoms with E-state index in [4.69, 9.17) is 0 Å². The molecule has 0 aromatic heterocycles. The summed E-state index contributed by atoms with van der Waals surface area (Å²) in [7, 11) is 0. The third kappa shape index (κ3) is 5.53. The van der Waals surface area contributed by atoms with Crippen LogP contribution in [0, 0.1) is 5.92 Å². The summed E-state index contributed by atoms with van der Waals surface area (Å²) in [5.74, 6) is 1.04. The second kappa shape index (κ2) is 7.00. The van der Waals surface area contributed by atoms with Gasteiger partial charge in [-0.1, -0.05) is 32.1 Å². The van der Waals surface area contributed by atoms with Crippen LogP contribution >= 0.6 is 0 Å². The molecule has 0 atom stereocenters. The predicted molar refractivity (Wildman–Crippen MR) is 69.8 cm³/mol. The fraction of sp³-hybridized carbons (Fsp3) is 0.929. The van der Waals surface area contributed by atoms with E-state index in [1.165, 1.54) is 57.8 Å². The Hall–Kier alpha value is -0.570. The fourth-order valence-corrected chi connectivity index (χ4v) is 2.59. The topological polar surface area (TPSA) is 41.1 Å². The smallest absolute Gasteiger partial charge is 0.234 e. The Labute approximate surface area is 105 Å². The second-order valence-electron chi connectivity index (χ2n) is 5.68. The van der Waals surface area contributed by atoms with Gasteiger partial charge in [-0.25, -0.2) is 0 Å². The van der Waals surface area contributed by atoms with Crippen molar-refractivity contribution in [2.45, 2.75) is 63.8 Å². The van der Waals surface area contributed by atoms with Crippen LogP contribution in [0.2, 0.25) is 0 Å². The Kier molecular flexibility index (Phi) is 5.30. The number of hydrogen-bond acceptors (Lipinski definition) is 2. The molecule has 2 fully saturated rings. The summed E-state index contributed by atoms with van der Waals surface area (Å²) in [5.41, 5.74) is 0. The minimum Gasteiger partial charge on any atom is -0.352 e. The lowest BCUT2D eigenvalue weighted by atomic mass is 9.97. The number of hydrogen-bond donors (Lipinski definition) is 2. The predicted octanol–water partition coefficient (Wildman–Crippen LogP) is 2.22. The van der Waals surface area contributed by atoms with E-state index in [2.05, 4.69) is 10.6 Å². The lowest BCUT2D eigenvalue weighted by Crippen LogP contribution is -2.41. The highest BCUT2D eigenvalue weighted by atomic mass is 16.1. The van der Waals surface area contributed by atoms with Crippen LogP contribution in [0.4, 0.5) is 0 Å². The molecule has 0 radical (unpaired) electrons. The van der Waals surface area contributed by atoms with Crippen LogP contribution in [0.25, 0.3) is 0 Å². The average molecular weight is 238 g/mol. The molecule has 3 nitrogen and oxygen atoms in total. The molecule has 17 heavy (non-hydrogen) atoms. The van der Waals surface area contributed by atoms with Crippen LogP contribution in [0.3, 0.4) is 0 Å². The minimum absolute atomic E-state index is 0.191. The van der Waals surface area contributed by atoms with Gasteiger partial charge in [-0.15, -0.1) is 0 Å². The van der Waals surface area contributed by atoms with E-state index < -0.39 is 0 Å². The van der Waals surface area contributed by atoms with E-state index in [1.807, 2.05) is 0 Å². The number of nitrogens with one attached hydrogen (secondary N) is 2. The first-order chi connectivity index (χ1) is 8.34. The molecule has 0 bridgehead atoms. The highest BCUT2D eigenvalue weighted by Gasteiger charge is 2.21. The first kappa shape index (κ1) is 12.9. The molecule has 0 spiro atoms. The van der Waals surface area contributed by atoms with Gasteiger partial charge in [0.25, 0.3) is 0 Å². The van der Waals surface area contributed by atoms with E-state index in [1.54, 1.807) is 0 Å². The third-order valence-electron chi connectivity index (χ3n) is 3.89. The van der Waals surface area contributed by atoms with E-state index in [-0.39, 0.29) is 5.91 Å². The van der Waals surface area contributed by atoms with Crippen molar-refractivity contribution in [1.29, 1.82) is 0 Å². The number of carbonyl (C=O) groups is 1. The highest BCUT2D eigenvalue weighted by Crippen LogP contribution is 2.27. The van der Waals surface area contributed by atoms with Gasteiger partial charge in [0.2, 0.25) is 5.91 Å². The molecule has 0 aromatic rings. The van der Waals surface area contributed by atoms with Crippen molar-refractivity contribution in [3.05, 3.63) is 0 Å². The Morgan fingerprint density at radius 2 is 1.59 bits per heavy atom. The van der Waals surface area contributed by atoms with Gasteiger partial charge in [0.1, 0.15) is 0 Å². The van der Waals surface area contributed by atoms with Crippen LogP contribution in [0.5, 0.6) is 0 Å². The Balaban J connectivity index is 1.57. The molecule has 0 aromatic carbocycles. The van der Waals surface area contributed by atoms with Gasteiger partial charge in [-0.05, 0) is 38.1 Å². The van der Waals surface area contributed by atoms with Gasteiger partial charge in [0.15, 0.2) is 0 Å².